The molecule has 7 nitrogen and oxygen atoms in total. The zero-order valence-corrected chi connectivity index (χ0v) is 19.7. The molecular weight excluding hydrogens is 442 g/mol. The highest BCUT2D eigenvalue weighted by Gasteiger charge is 2.54. The molecule has 4 aliphatic carbocycles. The quantitative estimate of drug-likeness (QED) is 0.427. The normalized spacial score (nSPS) is 26.9. The highest BCUT2D eigenvalue weighted by Crippen LogP contribution is 2.60. The molecule has 4 saturated carbocycles. The summed E-state index contributed by atoms with van der Waals surface area (Å²) in [4.78, 5) is 26.5. The number of hydrazone groups is 1. The van der Waals surface area contributed by atoms with Crippen LogP contribution in [0.5, 0.6) is 11.6 Å². The van der Waals surface area contributed by atoms with Gasteiger partial charge < -0.3 is 9.84 Å². The maximum atomic E-state index is 13.3. The minimum Gasteiger partial charge on any atom is -0.497 e. The van der Waals surface area contributed by atoms with Gasteiger partial charge in [0.1, 0.15) is 5.75 Å². The van der Waals surface area contributed by atoms with E-state index in [2.05, 4.69) is 10.5 Å². The molecular formula is C28H29N3O4. The number of aromatic hydroxyl groups is 1. The smallest absolute Gasteiger partial charge is 0.265 e. The highest BCUT2D eigenvalue weighted by molar-refractivity contribution is 6.02. The van der Waals surface area contributed by atoms with Crippen LogP contribution in [0.15, 0.2) is 58.4 Å². The molecule has 4 bridgehead atoms. The molecule has 2 N–H and O–H groups in total. The van der Waals surface area contributed by atoms with Crippen LogP contribution in [-0.4, -0.2) is 28.9 Å². The molecule has 1 aromatic heterocycles. The molecule has 1 amide bonds. The number of methoxy groups -OCH3 is 1. The Bertz CT molecular complexity index is 1350. The van der Waals surface area contributed by atoms with Crippen LogP contribution in [-0.2, 0) is 4.79 Å². The number of nitrogens with zero attached hydrogens (tertiary/aromatic N) is 2. The van der Waals surface area contributed by atoms with Gasteiger partial charge in [0, 0.05) is 10.8 Å². The molecule has 180 valence electrons. The minimum atomic E-state index is -0.335. The first kappa shape index (κ1) is 21.9. The predicted octanol–water partition coefficient (Wildman–Crippen LogP) is 4.37. The molecule has 0 atom stereocenters. The maximum absolute atomic E-state index is 13.3. The van der Waals surface area contributed by atoms with Crippen molar-refractivity contribution >= 4 is 22.9 Å². The molecule has 0 radical (unpaired) electrons. The number of amides is 1. The molecule has 7 rings (SSSR count). The lowest BCUT2D eigenvalue weighted by Crippen LogP contribution is -2.52. The van der Waals surface area contributed by atoms with Crippen molar-refractivity contribution in [2.24, 2.45) is 28.3 Å². The van der Waals surface area contributed by atoms with E-state index in [0.29, 0.717) is 45.5 Å². The molecule has 3 aromatic rings. The van der Waals surface area contributed by atoms with Crippen molar-refractivity contribution in [3.05, 3.63) is 64.4 Å². The molecule has 0 spiro atoms. The van der Waals surface area contributed by atoms with Gasteiger partial charge in [-0.15, -0.1) is 0 Å². The lowest BCUT2D eigenvalue weighted by Gasteiger charge is -2.55. The van der Waals surface area contributed by atoms with Crippen LogP contribution in [0.3, 0.4) is 0 Å². The third-order valence-corrected chi connectivity index (χ3v) is 8.31. The number of ether oxygens (including phenoxy) is 1. The Morgan fingerprint density at radius 2 is 1.63 bits per heavy atom. The average molecular weight is 472 g/mol. The number of nitrogens with one attached hydrogen (secondary N) is 1. The molecule has 4 fully saturated rings. The van der Waals surface area contributed by atoms with Gasteiger partial charge in [-0.3, -0.25) is 9.59 Å². The first-order valence-corrected chi connectivity index (χ1v) is 12.3. The van der Waals surface area contributed by atoms with E-state index in [4.69, 9.17) is 4.74 Å². The Labute approximate surface area is 203 Å². The Morgan fingerprint density at radius 1 is 1.03 bits per heavy atom. The largest absolute Gasteiger partial charge is 0.497 e. The third-order valence-electron chi connectivity index (χ3n) is 8.31. The van der Waals surface area contributed by atoms with Crippen molar-refractivity contribution in [3.8, 4) is 17.3 Å². The van der Waals surface area contributed by atoms with Crippen molar-refractivity contribution in [3.63, 3.8) is 0 Å². The summed E-state index contributed by atoms with van der Waals surface area (Å²) in [5.74, 6) is 2.40. The van der Waals surface area contributed by atoms with Crippen LogP contribution in [0.1, 0.15) is 44.1 Å². The maximum Gasteiger partial charge on any atom is 0.265 e. The van der Waals surface area contributed by atoms with Crippen molar-refractivity contribution < 1.29 is 14.6 Å². The zero-order valence-electron chi connectivity index (χ0n) is 19.7. The van der Waals surface area contributed by atoms with E-state index < -0.39 is 0 Å². The second-order valence-electron chi connectivity index (χ2n) is 10.5. The van der Waals surface area contributed by atoms with Crippen molar-refractivity contribution in [1.82, 2.24) is 9.99 Å². The summed E-state index contributed by atoms with van der Waals surface area (Å²) in [6.45, 7) is 0. The van der Waals surface area contributed by atoms with E-state index in [1.165, 1.54) is 30.0 Å². The first-order valence-electron chi connectivity index (χ1n) is 12.3. The summed E-state index contributed by atoms with van der Waals surface area (Å²) in [5, 5.41) is 16.5. The van der Waals surface area contributed by atoms with Gasteiger partial charge in [0.25, 0.3) is 5.56 Å². The van der Waals surface area contributed by atoms with E-state index in [0.717, 1.165) is 19.3 Å². The lowest BCUT2D eigenvalue weighted by molar-refractivity contribution is -0.146. The van der Waals surface area contributed by atoms with E-state index in [1.807, 2.05) is 6.07 Å². The summed E-state index contributed by atoms with van der Waals surface area (Å²) >= 11 is 0. The van der Waals surface area contributed by atoms with Gasteiger partial charge in [0.15, 0.2) is 0 Å². The van der Waals surface area contributed by atoms with Crippen LogP contribution >= 0.6 is 0 Å². The molecule has 1 heterocycles. The molecule has 0 aliphatic heterocycles. The number of carbonyl (C=O) groups is 1. The van der Waals surface area contributed by atoms with Crippen LogP contribution < -0.4 is 15.7 Å². The van der Waals surface area contributed by atoms with E-state index in [-0.39, 0.29) is 22.8 Å². The SMILES string of the molecule is COc1ccc(-n2c(O)c(C=NNC(=O)C34CC5CC(CC(C5)C3)C4)c3ccccc3c2=O)cc1. The van der Waals surface area contributed by atoms with Gasteiger partial charge >= 0.3 is 0 Å². The number of benzene rings is 2. The molecule has 0 saturated heterocycles. The highest BCUT2D eigenvalue weighted by atomic mass is 16.5. The van der Waals surface area contributed by atoms with E-state index in [1.54, 1.807) is 49.6 Å². The Hall–Kier alpha value is -3.61. The summed E-state index contributed by atoms with van der Waals surface area (Å²) in [6.07, 6.45) is 8.12. The lowest BCUT2D eigenvalue weighted by atomic mass is 9.49. The number of rotatable bonds is 5. The summed E-state index contributed by atoms with van der Waals surface area (Å²) in [7, 11) is 1.57. The third kappa shape index (κ3) is 3.61. The fourth-order valence-electron chi connectivity index (χ4n) is 7.12. The Kier molecular flexibility index (Phi) is 5.16. The van der Waals surface area contributed by atoms with Gasteiger partial charge in [0.05, 0.1) is 30.0 Å². The number of pyridine rings is 1. The van der Waals surface area contributed by atoms with Crippen LogP contribution in [0.2, 0.25) is 0 Å². The van der Waals surface area contributed by atoms with Gasteiger partial charge in [-0.2, -0.15) is 5.10 Å². The van der Waals surface area contributed by atoms with Crippen LogP contribution in [0.25, 0.3) is 16.5 Å². The number of fused-ring (bicyclic) bond motifs is 1. The van der Waals surface area contributed by atoms with Gasteiger partial charge in [-0.1, -0.05) is 18.2 Å². The fraction of sp³-hybridized carbons (Fsp3) is 0.393. The second kappa shape index (κ2) is 8.26. The van der Waals surface area contributed by atoms with Crippen LogP contribution in [0.4, 0.5) is 0 Å². The van der Waals surface area contributed by atoms with Crippen molar-refractivity contribution in [2.45, 2.75) is 38.5 Å². The summed E-state index contributed by atoms with van der Waals surface area (Å²) in [6, 6.07) is 14.0. The van der Waals surface area contributed by atoms with Crippen LogP contribution in [0, 0.1) is 23.2 Å². The van der Waals surface area contributed by atoms with Gasteiger partial charge in [0.2, 0.25) is 11.8 Å². The Morgan fingerprint density at radius 3 is 2.23 bits per heavy atom. The van der Waals surface area contributed by atoms with E-state index >= 15 is 0 Å². The second-order valence-corrected chi connectivity index (χ2v) is 10.5. The minimum absolute atomic E-state index is 0.0138. The number of hydrogen-bond acceptors (Lipinski definition) is 5. The number of hydrogen-bond donors (Lipinski definition) is 2. The topological polar surface area (TPSA) is 92.9 Å². The van der Waals surface area contributed by atoms with Gasteiger partial charge in [-0.25, -0.2) is 9.99 Å². The zero-order chi connectivity index (χ0) is 24.2. The fourth-order valence-corrected chi connectivity index (χ4v) is 7.12. The molecule has 2 aromatic carbocycles. The molecule has 0 unspecified atom stereocenters. The van der Waals surface area contributed by atoms with E-state index in [9.17, 15) is 14.7 Å². The number of carbonyl (C=O) groups excluding carboxylic acids is 1. The molecule has 7 heteroatoms. The summed E-state index contributed by atoms with van der Waals surface area (Å²) in [5.41, 5.74) is 3.02. The van der Waals surface area contributed by atoms with Crippen molar-refractivity contribution in [1.29, 1.82) is 0 Å². The first-order chi connectivity index (χ1) is 17.0. The van der Waals surface area contributed by atoms with Gasteiger partial charge in [-0.05, 0) is 86.6 Å². The summed E-state index contributed by atoms with van der Waals surface area (Å²) < 4.78 is 6.47. The molecule has 35 heavy (non-hydrogen) atoms. The number of aromatic nitrogens is 1. The standard InChI is InChI=1S/C28H29N3O4/c1-35-21-8-6-20(7-9-21)31-25(32)23-5-3-2-4-22(23)24(26(31)33)16-29-30-27(34)28-13-17-10-18(14-28)12-19(11-17)15-28/h2-9,16-19,33H,10-15H2,1H3,(H,30,34). The predicted molar refractivity (Wildman–Crippen MR) is 134 cm³/mol. The average Bonchev–Trinajstić information content (AvgIpc) is 2.85. The monoisotopic (exact) mass is 471 g/mol. The Balaban J connectivity index is 1.35. The molecule has 4 aliphatic rings. The van der Waals surface area contributed by atoms with Crippen molar-refractivity contribution in [2.75, 3.05) is 7.11 Å².